The van der Waals surface area contributed by atoms with E-state index < -0.39 is 5.82 Å². The Morgan fingerprint density at radius 1 is 1.15 bits per heavy atom. The van der Waals surface area contributed by atoms with E-state index in [9.17, 15) is 4.39 Å². The van der Waals surface area contributed by atoms with Gasteiger partial charge in [-0.1, -0.05) is 35.9 Å². The van der Waals surface area contributed by atoms with Crippen LogP contribution in [0.25, 0.3) is 0 Å². The van der Waals surface area contributed by atoms with Gasteiger partial charge in [-0.15, -0.1) is 0 Å². The Kier molecular flexibility index (Phi) is 5.16. The van der Waals surface area contributed by atoms with Crippen molar-refractivity contribution in [2.24, 2.45) is 5.73 Å². The highest BCUT2D eigenvalue weighted by Gasteiger charge is 2.36. The summed E-state index contributed by atoms with van der Waals surface area (Å²) in [5.41, 5.74) is 8.75. The lowest BCUT2D eigenvalue weighted by Crippen LogP contribution is -2.51. The Morgan fingerprint density at radius 2 is 2.00 bits per heavy atom. The van der Waals surface area contributed by atoms with Gasteiger partial charge in [0.15, 0.2) is 0 Å². The normalized spacial score (nSPS) is 26.3. The predicted molar refractivity (Wildman–Crippen MR) is 102 cm³/mol. The van der Waals surface area contributed by atoms with E-state index in [1.54, 1.807) is 12.1 Å². The van der Waals surface area contributed by atoms with Crippen LogP contribution in [0.5, 0.6) is 5.75 Å². The Hall–Kier alpha value is -1.62. The SMILES string of the molecule is N[C@@H]1CCCN([C@H]2CCc3ccccc3[C@@H]2Oc2ccc(F)c(Cl)c2)C1. The van der Waals surface area contributed by atoms with E-state index in [1.807, 2.05) is 0 Å². The van der Waals surface area contributed by atoms with Crippen LogP contribution in [0.15, 0.2) is 42.5 Å². The van der Waals surface area contributed by atoms with Gasteiger partial charge in [-0.3, -0.25) is 4.90 Å². The minimum absolute atomic E-state index is 0.0862. The monoisotopic (exact) mass is 374 g/mol. The molecular formula is C21H24ClFN2O. The summed E-state index contributed by atoms with van der Waals surface area (Å²) in [6, 6.07) is 13.5. The number of nitrogens with zero attached hydrogens (tertiary/aromatic N) is 1. The second-order valence-electron chi connectivity index (χ2n) is 7.32. The van der Waals surface area contributed by atoms with Crippen LogP contribution in [0.1, 0.15) is 36.5 Å². The maximum atomic E-state index is 13.5. The van der Waals surface area contributed by atoms with Gasteiger partial charge in [-0.25, -0.2) is 4.39 Å². The van der Waals surface area contributed by atoms with Crippen molar-refractivity contribution >= 4 is 11.6 Å². The molecule has 1 fully saturated rings. The van der Waals surface area contributed by atoms with Gasteiger partial charge >= 0.3 is 0 Å². The van der Waals surface area contributed by atoms with E-state index in [4.69, 9.17) is 22.1 Å². The number of benzene rings is 2. The second-order valence-corrected chi connectivity index (χ2v) is 7.72. The molecule has 0 saturated carbocycles. The number of nitrogens with two attached hydrogens (primary N) is 1. The minimum Gasteiger partial charge on any atom is -0.484 e. The van der Waals surface area contributed by atoms with Crippen LogP contribution < -0.4 is 10.5 Å². The summed E-state index contributed by atoms with van der Waals surface area (Å²) in [5.74, 6) is 0.172. The summed E-state index contributed by atoms with van der Waals surface area (Å²) in [4.78, 5) is 2.47. The molecule has 1 saturated heterocycles. The molecule has 0 radical (unpaired) electrons. The van der Waals surface area contributed by atoms with E-state index in [2.05, 4.69) is 29.2 Å². The van der Waals surface area contributed by atoms with Crippen molar-refractivity contribution in [3.8, 4) is 5.75 Å². The van der Waals surface area contributed by atoms with Gasteiger partial charge in [0, 0.05) is 18.7 Å². The second kappa shape index (κ2) is 7.55. The van der Waals surface area contributed by atoms with Crippen molar-refractivity contribution < 1.29 is 9.13 Å². The van der Waals surface area contributed by atoms with Gasteiger partial charge in [0.2, 0.25) is 0 Å². The molecule has 2 aliphatic rings. The fourth-order valence-corrected chi connectivity index (χ4v) is 4.43. The third-order valence-electron chi connectivity index (χ3n) is 5.53. The summed E-state index contributed by atoms with van der Waals surface area (Å²) in [6.07, 6.45) is 4.17. The molecule has 138 valence electrons. The zero-order valence-corrected chi connectivity index (χ0v) is 15.5. The fraction of sp³-hybridized carbons (Fsp3) is 0.429. The summed E-state index contributed by atoms with van der Waals surface area (Å²) in [6.45, 7) is 1.95. The third kappa shape index (κ3) is 3.59. The standard InChI is InChI=1S/C21H24ClFN2O/c22-18-12-16(8-9-19(18)23)26-21-17-6-2-1-4-14(17)7-10-20(21)25-11-3-5-15(24)13-25/h1-2,4,6,8-9,12,15,20-21H,3,5,7,10-11,13,24H2/t15-,20+,21+/m1/s1. The molecule has 1 aliphatic heterocycles. The van der Waals surface area contributed by atoms with E-state index >= 15 is 0 Å². The Bertz CT molecular complexity index is 784. The molecule has 5 heteroatoms. The van der Waals surface area contributed by atoms with E-state index in [0.29, 0.717) is 5.75 Å². The van der Waals surface area contributed by atoms with Crippen LogP contribution in [-0.4, -0.2) is 30.1 Å². The van der Waals surface area contributed by atoms with Gasteiger partial charge in [0.25, 0.3) is 0 Å². The Labute approximate surface area is 158 Å². The molecule has 2 aromatic carbocycles. The number of ether oxygens (including phenoxy) is 1. The third-order valence-corrected chi connectivity index (χ3v) is 5.82. The first-order valence-corrected chi connectivity index (χ1v) is 9.69. The van der Waals surface area contributed by atoms with Gasteiger partial charge in [-0.05, 0) is 55.5 Å². The van der Waals surface area contributed by atoms with Crippen LogP contribution in [0, 0.1) is 5.82 Å². The van der Waals surface area contributed by atoms with Crippen LogP contribution in [0.3, 0.4) is 0 Å². The summed E-state index contributed by atoms with van der Waals surface area (Å²) in [7, 11) is 0. The highest BCUT2D eigenvalue weighted by Crippen LogP contribution is 2.38. The first-order valence-electron chi connectivity index (χ1n) is 9.31. The van der Waals surface area contributed by atoms with Crippen molar-refractivity contribution in [1.29, 1.82) is 0 Å². The average Bonchev–Trinajstić information content (AvgIpc) is 2.65. The van der Waals surface area contributed by atoms with Crippen LogP contribution in [-0.2, 0) is 6.42 Å². The predicted octanol–water partition coefficient (Wildman–Crippen LogP) is 4.34. The van der Waals surface area contributed by atoms with Gasteiger partial charge in [-0.2, -0.15) is 0 Å². The number of aryl methyl sites for hydroxylation is 1. The zero-order valence-electron chi connectivity index (χ0n) is 14.7. The summed E-state index contributed by atoms with van der Waals surface area (Å²) < 4.78 is 19.9. The molecule has 1 aliphatic carbocycles. The zero-order chi connectivity index (χ0) is 18.1. The van der Waals surface area contributed by atoms with Crippen molar-refractivity contribution in [3.05, 3.63) is 64.4 Å². The Balaban J connectivity index is 1.66. The average molecular weight is 375 g/mol. The van der Waals surface area contributed by atoms with Crippen molar-refractivity contribution in [3.63, 3.8) is 0 Å². The molecule has 0 unspecified atom stereocenters. The molecule has 26 heavy (non-hydrogen) atoms. The lowest BCUT2D eigenvalue weighted by molar-refractivity contribution is 0.0367. The van der Waals surface area contributed by atoms with Gasteiger partial charge < -0.3 is 10.5 Å². The smallest absolute Gasteiger partial charge is 0.142 e. The van der Waals surface area contributed by atoms with Gasteiger partial charge in [0.05, 0.1) is 11.1 Å². The minimum atomic E-state index is -0.429. The maximum absolute atomic E-state index is 13.5. The van der Waals surface area contributed by atoms with Crippen molar-refractivity contribution in [2.45, 2.75) is 43.9 Å². The molecule has 2 aromatic rings. The van der Waals surface area contributed by atoms with E-state index in [0.717, 1.165) is 38.8 Å². The number of halogens is 2. The topological polar surface area (TPSA) is 38.5 Å². The lowest BCUT2D eigenvalue weighted by atomic mass is 9.84. The summed E-state index contributed by atoms with van der Waals surface area (Å²) in [5, 5.41) is 0.0862. The molecule has 0 aromatic heterocycles. The number of hydrogen-bond acceptors (Lipinski definition) is 3. The Morgan fingerprint density at radius 3 is 2.81 bits per heavy atom. The summed E-state index contributed by atoms with van der Waals surface area (Å²) >= 11 is 5.95. The van der Waals surface area contributed by atoms with Crippen LogP contribution >= 0.6 is 11.6 Å². The number of likely N-dealkylation sites (tertiary alicyclic amines) is 1. The first kappa shape index (κ1) is 17.8. The fourth-order valence-electron chi connectivity index (χ4n) is 4.26. The highest BCUT2D eigenvalue weighted by molar-refractivity contribution is 6.30. The van der Waals surface area contributed by atoms with Gasteiger partial charge in [0.1, 0.15) is 17.7 Å². The van der Waals surface area contributed by atoms with Crippen molar-refractivity contribution in [1.82, 2.24) is 4.90 Å². The molecule has 0 spiro atoms. The number of piperidine rings is 1. The van der Waals surface area contributed by atoms with Crippen molar-refractivity contribution in [2.75, 3.05) is 13.1 Å². The molecule has 0 amide bonds. The first-order chi connectivity index (χ1) is 12.6. The van der Waals surface area contributed by atoms with E-state index in [-0.39, 0.29) is 23.2 Å². The quantitative estimate of drug-likeness (QED) is 0.868. The molecule has 3 atom stereocenters. The maximum Gasteiger partial charge on any atom is 0.142 e. The number of hydrogen-bond donors (Lipinski definition) is 1. The largest absolute Gasteiger partial charge is 0.484 e. The van der Waals surface area contributed by atoms with E-state index in [1.165, 1.54) is 17.2 Å². The molecule has 3 nitrogen and oxygen atoms in total. The molecule has 1 heterocycles. The molecule has 0 bridgehead atoms. The molecule has 4 rings (SSSR count). The highest BCUT2D eigenvalue weighted by atomic mass is 35.5. The lowest BCUT2D eigenvalue weighted by Gasteiger charge is -2.43. The molecular weight excluding hydrogens is 351 g/mol. The van der Waals surface area contributed by atoms with Crippen LogP contribution in [0.2, 0.25) is 5.02 Å². The molecule has 2 N–H and O–H groups in total. The number of rotatable bonds is 3. The number of fused-ring (bicyclic) bond motifs is 1. The van der Waals surface area contributed by atoms with Crippen LogP contribution in [0.4, 0.5) is 4.39 Å².